The minimum atomic E-state index is 0. The summed E-state index contributed by atoms with van der Waals surface area (Å²) in [7, 11) is 3.70. The molecule has 25 heavy (non-hydrogen) atoms. The van der Waals surface area contributed by atoms with Crippen molar-refractivity contribution in [1.82, 2.24) is 25.3 Å². The number of carbonyl (C=O) groups excluding carboxylic acids is 1. The fourth-order valence-electron chi connectivity index (χ4n) is 3.65. The molecule has 2 N–H and O–H groups in total. The van der Waals surface area contributed by atoms with Gasteiger partial charge in [-0.05, 0) is 25.3 Å². The van der Waals surface area contributed by atoms with Crippen LogP contribution in [0.2, 0.25) is 0 Å². The molecule has 0 radical (unpaired) electrons. The van der Waals surface area contributed by atoms with Crippen LogP contribution in [0.1, 0.15) is 37.8 Å². The van der Waals surface area contributed by atoms with Crippen LogP contribution in [-0.2, 0) is 18.4 Å². The Kier molecular flexibility index (Phi) is 7.52. The molecule has 2 aliphatic rings. The van der Waals surface area contributed by atoms with E-state index in [9.17, 15) is 4.79 Å². The van der Waals surface area contributed by atoms with Gasteiger partial charge in [0.15, 0.2) is 5.96 Å². The van der Waals surface area contributed by atoms with E-state index >= 15 is 0 Å². The van der Waals surface area contributed by atoms with Crippen molar-refractivity contribution in [1.29, 1.82) is 0 Å². The molecule has 3 rings (SSSR count). The quantitative estimate of drug-likeness (QED) is 0.406. The summed E-state index contributed by atoms with van der Waals surface area (Å²) in [6, 6.07) is 2.26. The first-order valence-corrected chi connectivity index (χ1v) is 8.90. The van der Waals surface area contributed by atoms with E-state index in [0.717, 1.165) is 44.0 Å². The van der Waals surface area contributed by atoms with Gasteiger partial charge in [-0.1, -0.05) is 12.8 Å². The summed E-state index contributed by atoms with van der Waals surface area (Å²) in [4.78, 5) is 18.8. The standard InChI is InChI=1S/C17H28N6O.HI/c1-18-17(19-11-15-7-9-20-22(15)2)21-14-8-10-23(12-14)16(24)13-5-3-4-6-13;/h7,9,13-14H,3-6,8,10-12H2,1-2H3,(H2,18,19,21);1H. The first-order valence-electron chi connectivity index (χ1n) is 8.90. The molecule has 1 aromatic rings. The van der Waals surface area contributed by atoms with Gasteiger partial charge < -0.3 is 15.5 Å². The molecule has 1 unspecified atom stereocenters. The van der Waals surface area contributed by atoms with Crippen LogP contribution in [0.15, 0.2) is 17.3 Å². The highest BCUT2D eigenvalue weighted by atomic mass is 127. The molecule has 1 saturated heterocycles. The Balaban J connectivity index is 0.00000225. The zero-order chi connectivity index (χ0) is 16.9. The van der Waals surface area contributed by atoms with Gasteiger partial charge in [0.1, 0.15) is 0 Å². The van der Waals surface area contributed by atoms with Crippen LogP contribution in [0.25, 0.3) is 0 Å². The number of aromatic nitrogens is 2. The summed E-state index contributed by atoms with van der Waals surface area (Å²) in [6.07, 6.45) is 7.32. The summed E-state index contributed by atoms with van der Waals surface area (Å²) in [5, 5.41) is 10.9. The zero-order valence-electron chi connectivity index (χ0n) is 15.1. The summed E-state index contributed by atoms with van der Waals surface area (Å²) in [6.45, 7) is 2.31. The number of nitrogens with zero attached hydrogens (tertiary/aromatic N) is 4. The molecule has 140 valence electrons. The second-order valence-electron chi connectivity index (χ2n) is 6.77. The number of guanidine groups is 1. The van der Waals surface area contributed by atoms with Crippen LogP contribution < -0.4 is 10.6 Å². The molecule has 2 heterocycles. The Morgan fingerprint density at radius 2 is 2.12 bits per heavy atom. The Labute approximate surface area is 166 Å². The molecule has 1 saturated carbocycles. The van der Waals surface area contributed by atoms with Crippen LogP contribution in [0.4, 0.5) is 0 Å². The zero-order valence-corrected chi connectivity index (χ0v) is 17.4. The number of aliphatic imine (C=N–C) groups is 1. The lowest BCUT2D eigenvalue weighted by atomic mass is 10.1. The molecular weight excluding hydrogens is 431 g/mol. The molecule has 8 heteroatoms. The SMILES string of the molecule is CN=C(NCc1ccnn1C)NC1CCN(C(=O)C2CCCC2)C1.I. The number of rotatable bonds is 4. The molecule has 1 aliphatic carbocycles. The number of likely N-dealkylation sites (tertiary alicyclic amines) is 1. The molecule has 1 aromatic heterocycles. The molecule has 1 amide bonds. The van der Waals surface area contributed by atoms with E-state index < -0.39 is 0 Å². The van der Waals surface area contributed by atoms with Crippen molar-refractivity contribution < 1.29 is 4.79 Å². The molecule has 0 bridgehead atoms. The lowest BCUT2D eigenvalue weighted by molar-refractivity contribution is -0.134. The number of amides is 1. The fraction of sp³-hybridized carbons (Fsp3) is 0.706. The Morgan fingerprint density at radius 3 is 2.76 bits per heavy atom. The molecule has 1 aliphatic heterocycles. The van der Waals surface area contributed by atoms with Gasteiger partial charge >= 0.3 is 0 Å². The lowest BCUT2D eigenvalue weighted by Crippen LogP contribution is -2.45. The maximum absolute atomic E-state index is 12.5. The third-order valence-electron chi connectivity index (χ3n) is 5.13. The molecular formula is C17H29IN6O. The second kappa shape index (κ2) is 9.40. The fourth-order valence-corrected chi connectivity index (χ4v) is 3.65. The highest BCUT2D eigenvalue weighted by Crippen LogP contribution is 2.27. The monoisotopic (exact) mass is 460 g/mol. The summed E-state index contributed by atoms with van der Waals surface area (Å²) in [5.74, 6) is 1.40. The number of hydrogen-bond acceptors (Lipinski definition) is 3. The second-order valence-corrected chi connectivity index (χ2v) is 6.77. The summed E-state index contributed by atoms with van der Waals surface area (Å²) >= 11 is 0. The first kappa shape index (κ1) is 20.0. The van der Waals surface area contributed by atoms with Crippen LogP contribution >= 0.6 is 24.0 Å². The Bertz CT molecular complexity index is 596. The molecule has 7 nitrogen and oxygen atoms in total. The Morgan fingerprint density at radius 1 is 1.36 bits per heavy atom. The largest absolute Gasteiger partial charge is 0.352 e. The highest BCUT2D eigenvalue weighted by Gasteiger charge is 2.32. The van der Waals surface area contributed by atoms with Crippen molar-refractivity contribution in [3.8, 4) is 0 Å². The summed E-state index contributed by atoms with van der Waals surface area (Å²) < 4.78 is 1.85. The van der Waals surface area contributed by atoms with E-state index in [1.165, 1.54) is 12.8 Å². The average molecular weight is 460 g/mol. The van der Waals surface area contributed by atoms with Gasteiger partial charge in [0.25, 0.3) is 0 Å². The van der Waals surface area contributed by atoms with E-state index in [1.807, 2.05) is 22.7 Å². The maximum atomic E-state index is 12.5. The predicted octanol–water partition coefficient (Wildman–Crippen LogP) is 1.49. The van der Waals surface area contributed by atoms with Gasteiger partial charge in [0.05, 0.1) is 12.2 Å². The maximum Gasteiger partial charge on any atom is 0.225 e. The average Bonchev–Trinajstić information content (AvgIpc) is 3.33. The van der Waals surface area contributed by atoms with Crippen molar-refractivity contribution in [3.63, 3.8) is 0 Å². The third kappa shape index (κ3) is 5.08. The van der Waals surface area contributed by atoms with Crippen molar-refractivity contribution in [2.45, 2.75) is 44.7 Å². The van der Waals surface area contributed by atoms with E-state index in [4.69, 9.17) is 0 Å². The number of hydrogen-bond donors (Lipinski definition) is 2. The van der Waals surface area contributed by atoms with Crippen molar-refractivity contribution >= 4 is 35.8 Å². The predicted molar refractivity (Wildman–Crippen MR) is 109 cm³/mol. The Hall–Kier alpha value is -1.32. The highest BCUT2D eigenvalue weighted by molar-refractivity contribution is 14.0. The molecule has 0 spiro atoms. The number of aryl methyl sites for hydroxylation is 1. The van der Waals surface area contributed by atoms with E-state index in [2.05, 4.69) is 20.7 Å². The molecule has 0 aromatic carbocycles. The van der Waals surface area contributed by atoms with E-state index in [0.29, 0.717) is 12.5 Å². The number of nitrogens with one attached hydrogen (secondary N) is 2. The first-order chi connectivity index (χ1) is 11.7. The molecule has 1 atom stereocenters. The number of carbonyl (C=O) groups is 1. The van der Waals surface area contributed by atoms with E-state index in [-0.39, 0.29) is 35.9 Å². The van der Waals surface area contributed by atoms with Crippen molar-refractivity contribution in [3.05, 3.63) is 18.0 Å². The van der Waals surface area contributed by atoms with Gasteiger partial charge in [0.2, 0.25) is 5.91 Å². The van der Waals surface area contributed by atoms with Gasteiger partial charge in [-0.25, -0.2) is 0 Å². The van der Waals surface area contributed by atoms with Crippen LogP contribution in [0.5, 0.6) is 0 Å². The normalized spacial score (nSPS) is 21.3. The van der Waals surface area contributed by atoms with Gasteiger partial charge in [-0.3, -0.25) is 14.5 Å². The minimum Gasteiger partial charge on any atom is -0.352 e. The van der Waals surface area contributed by atoms with Crippen LogP contribution in [0.3, 0.4) is 0 Å². The number of halogens is 1. The lowest BCUT2D eigenvalue weighted by Gasteiger charge is -2.21. The van der Waals surface area contributed by atoms with Gasteiger partial charge in [-0.2, -0.15) is 5.10 Å². The minimum absolute atomic E-state index is 0. The van der Waals surface area contributed by atoms with Crippen molar-refractivity contribution in [2.24, 2.45) is 18.0 Å². The smallest absolute Gasteiger partial charge is 0.225 e. The van der Waals surface area contributed by atoms with Gasteiger partial charge in [0, 0.05) is 45.3 Å². The van der Waals surface area contributed by atoms with Crippen LogP contribution in [0, 0.1) is 5.92 Å². The van der Waals surface area contributed by atoms with E-state index in [1.54, 1.807) is 13.2 Å². The summed E-state index contributed by atoms with van der Waals surface area (Å²) in [5.41, 5.74) is 1.10. The van der Waals surface area contributed by atoms with Gasteiger partial charge in [-0.15, -0.1) is 24.0 Å². The van der Waals surface area contributed by atoms with Crippen LogP contribution in [-0.4, -0.2) is 52.7 Å². The molecule has 2 fully saturated rings. The third-order valence-corrected chi connectivity index (χ3v) is 5.13. The topological polar surface area (TPSA) is 74.6 Å². The van der Waals surface area contributed by atoms with Crippen molar-refractivity contribution in [2.75, 3.05) is 20.1 Å².